The molecule has 1 aromatic carbocycles. The molecule has 3 aromatic heterocycles. The van der Waals surface area contributed by atoms with Gasteiger partial charge in [-0.2, -0.15) is 4.98 Å². The molecule has 0 atom stereocenters. The highest BCUT2D eigenvalue weighted by Crippen LogP contribution is 2.20. The lowest BCUT2D eigenvalue weighted by Gasteiger charge is -2.07. The summed E-state index contributed by atoms with van der Waals surface area (Å²) in [5, 5.41) is 0. The van der Waals surface area contributed by atoms with Crippen molar-refractivity contribution < 1.29 is 9.53 Å². The van der Waals surface area contributed by atoms with E-state index in [9.17, 15) is 14.4 Å². The number of imidazole rings is 2. The van der Waals surface area contributed by atoms with Gasteiger partial charge in [0.2, 0.25) is 5.78 Å². The van der Waals surface area contributed by atoms with Crippen molar-refractivity contribution in [3.05, 3.63) is 74.2 Å². The van der Waals surface area contributed by atoms with E-state index in [0.717, 1.165) is 17.0 Å². The molecule has 0 N–H and O–H groups in total. The molecule has 0 unspecified atom stereocenters. The lowest BCUT2D eigenvalue weighted by molar-refractivity contribution is -0.143. The standard InChI is InChI=1S/C23H25N5O4/c1-5-32-18(29)14-27-15(2)16(3)28-19-20(24-22(27)28)25(4)23(31)26(21(19)30)13-9-12-17-10-7-6-8-11-17/h6-12H,5,13-14H2,1-4H3/b12-9-. The Morgan fingerprint density at radius 2 is 1.81 bits per heavy atom. The van der Waals surface area contributed by atoms with Crippen molar-refractivity contribution in [2.24, 2.45) is 7.05 Å². The highest BCUT2D eigenvalue weighted by Gasteiger charge is 2.23. The van der Waals surface area contributed by atoms with E-state index in [-0.39, 0.29) is 25.3 Å². The van der Waals surface area contributed by atoms with E-state index in [1.54, 1.807) is 29.0 Å². The summed E-state index contributed by atoms with van der Waals surface area (Å²) >= 11 is 0. The van der Waals surface area contributed by atoms with Gasteiger partial charge in [-0.1, -0.05) is 42.5 Å². The molecule has 0 bridgehead atoms. The first-order chi connectivity index (χ1) is 15.3. The number of rotatable bonds is 6. The first-order valence-electron chi connectivity index (χ1n) is 10.4. The fourth-order valence-electron chi connectivity index (χ4n) is 3.86. The number of aromatic nitrogens is 5. The minimum Gasteiger partial charge on any atom is -0.465 e. The van der Waals surface area contributed by atoms with E-state index in [0.29, 0.717) is 11.3 Å². The van der Waals surface area contributed by atoms with Gasteiger partial charge >= 0.3 is 11.7 Å². The van der Waals surface area contributed by atoms with E-state index < -0.39 is 17.2 Å². The summed E-state index contributed by atoms with van der Waals surface area (Å²) in [6.45, 7) is 5.84. The number of benzene rings is 1. The number of aryl methyl sites for hydroxylation is 2. The molecular weight excluding hydrogens is 410 g/mol. The SMILES string of the molecule is CCOC(=O)Cn1c(C)c(C)n2c3c(=O)n(C/C=C\c4ccccc4)c(=O)n(C)c3nc12. The van der Waals surface area contributed by atoms with Crippen LogP contribution in [0.2, 0.25) is 0 Å². The molecule has 0 amide bonds. The lowest BCUT2D eigenvalue weighted by Crippen LogP contribution is -2.39. The number of carbonyl (C=O) groups is 1. The van der Waals surface area contributed by atoms with E-state index in [2.05, 4.69) is 4.98 Å². The third kappa shape index (κ3) is 3.45. The van der Waals surface area contributed by atoms with Crippen molar-refractivity contribution in [3.8, 4) is 0 Å². The third-order valence-corrected chi connectivity index (χ3v) is 5.62. The smallest absolute Gasteiger partial charge is 0.332 e. The lowest BCUT2D eigenvalue weighted by atomic mass is 10.2. The van der Waals surface area contributed by atoms with Crippen molar-refractivity contribution in [2.45, 2.75) is 33.9 Å². The largest absolute Gasteiger partial charge is 0.465 e. The number of nitrogens with zero attached hydrogens (tertiary/aromatic N) is 5. The molecule has 32 heavy (non-hydrogen) atoms. The maximum Gasteiger partial charge on any atom is 0.332 e. The van der Waals surface area contributed by atoms with Crippen LogP contribution in [-0.4, -0.2) is 35.7 Å². The van der Waals surface area contributed by atoms with Crippen molar-refractivity contribution in [1.82, 2.24) is 23.1 Å². The number of fused-ring (bicyclic) bond motifs is 3. The van der Waals surface area contributed by atoms with Gasteiger partial charge in [0.05, 0.1) is 6.61 Å². The van der Waals surface area contributed by atoms with Gasteiger partial charge in [0.25, 0.3) is 5.56 Å². The molecule has 4 aromatic rings. The quantitative estimate of drug-likeness (QED) is 0.432. The Morgan fingerprint density at radius 3 is 2.50 bits per heavy atom. The van der Waals surface area contributed by atoms with E-state index >= 15 is 0 Å². The first kappa shape index (κ1) is 21.4. The minimum absolute atomic E-state index is 0.0255. The second-order valence-corrected chi connectivity index (χ2v) is 7.55. The zero-order valence-electron chi connectivity index (χ0n) is 18.5. The van der Waals surface area contributed by atoms with Crippen LogP contribution in [0.1, 0.15) is 23.9 Å². The molecule has 0 fully saturated rings. The Labute approximate surface area is 183 Å². The molecule has 9 heteroatoms. The van der Waals surface area contributed by atoms with Crippen molar-refractivity contribution in [2.75, 3.05) is 6.61 Å². The Hall–Kier alpha value is -3.88. The molecule has 0 spiro atoms. The van der Waals surface area contributed by atoms with Crippen LogP contribution in [0.4, 0.5) is 0 Å². The fourth-order valence-corrected chi connectivity index (χ4v) is 3.86. The van der Waals surface area contributed by atoms with E-state index in [1.807, 2.05) is 50.3 Å². The van der Waals surface area contributed by atoms with E-state index in [4.69, 9.17) is 4.74 Å². The Balaban J connectivity index is 1.87. The van der Waals surface area contributed by atoms with Gasteiger partial charge in [-0.25, -0.2) is 4.79 Å². The van der Waals surface area contributed by atoms with Crippen LogP contribution in [0.5, 0.6) is 0 Å². The number of hydrogen-bond acceptors (Lipinski definition) is 5. The normalized spacial score (nSPS) is 11.8. The molecule has 0 saturated carbocycles. The maximum absolute atomic E-state index is 13.4. The van der Waals surface area contributed by atoms with Gasteiger partial charge in [0.15, 0.2) is 11.2 Å². The van der Waals surface area contributed by atoms with Crippen LogP contribution >= 0.6 is 0 Å². The van der Waals surface area contributed by atoms with Gasteiger partial charge in [-0.05, 0) is 26.3 Å². The monoisotopic (exact) mass is 435 g/mol. The molecule has 3 heterocycles. The van der Waals surface area contributed by atoms with Crippen LogP contribution in [0, 0.1) is 13.8 Å². The average molecular weight is 435 g/mol. The minimum atomic E-state index is -0.452. The third-order valence-electron chi connectivity index (χ3n) is 5.62. The maximum atomic E-state index is 13.4. The Morgan fingerprint density at radius 1 is 1.09 bits per heavy atom. The van der Waals surface area contributed by atoms with Crippen molar-refractivity contribution in [3.63, 3.8) is 0 Å². The van der Waals surface area contributed by atoms with Gasteiger partial charge in [0, 0.05) is 25.0 Å². The van der Waals surface area contributed by atoms with Gasteiger partial charge < -0.3 is 9.30 Å². The second-order valence-electron chi connectivity index (χ2n) is 7.55. The zero-order valence-corrected chi connectivity index (χ0v) is 18.5. The number of allylic oxidation sites excluding steroid dienone is 1. The van der Waals surface area contributed by atoms with Crippen molar-refractivity contribution >= 4 is 29.0 Å². The van der Waals surface area contributed by atoms with Crippen molar-refractivity contribution in [1.29, 1.82) is 0 Å². The first-order valence-corrected chi connectivity index (χ1v) is 10.4. The summed E-state index contributed by atoms with van der Waals surface area (Å²) in [7, 11) is 1.59. The summed E-state index contributed by atoms with van der Waals surface area (Å²) in [6, 6.07) is 9.66. The number of hydrogen-bond donors (Lipinski definition) is 0. The molecule has 0 radical (unpaired) electrons. The Kier molecular flexibility index (Phi) is 5.56. The molecule has 4 rings (SSSR count). The number of esters is 1. The highest BCUT2D eigenvalue weighted by atomic mass is 16.5. The zero-order chi connectivity index (χ0) is 23.0. The molecule has 0 aliphatic carbocycles. The molecule has 0 saturated heterocycles. The van der Waals surface area contributed by atoms with Gasteiger partial charge in [0.1, 0.15) is 6.54 Å². The number of carbonyl (C=O) groups excluding carboxylic acids is 1. The molecule has 0 aliphatic rings. The van der Waals surface area contributed by atoms with Crippen LogP contribution in [0.3, 0.4) is 0 Å². The molecular formula is C23H25N5O4. The summed E-state index contributed by atoms with van der Waals surface area (Å²) < 4.78 is 11.0. The van der Waals surface area contributed by atoms with Crippen LogP contribution in [0.25, 0.3) is 23.0 Å². The average Bonchev–Trinajstić information content (AvgIpc) is 3.27. The van der Waals surface area contributed by atoms with Crippen LogP contribution in [-0.2, 0) is 29.7 Å². The second kappa shape index (κ2) is 8.33. The molecule has 9 nitrogen and oxygen atoms in total. The topological polar surface area (TPSA) is 92.5 Å². The molecule has 0 aliphatic heterocycles. The van der Waals surface area contributed by atoms with Gasteiger partial charge in [-0.15, -0.1) is 0 Å². The van der Waals surface area contributed by atoms with Gasteiger partial charge in [-0.3, -0.25) is 23.1 Å². The molecule has 166 valence electrons. The summed E-state index contributed by atoms with van der Waals surface area (Å²) in [4.78, 5) is 42.9. The van der Waals surface area contributed by atoms with Crippen LogP contribution in [0.15, 0.2) is 46.0 Å². The fraction of sp³-hybridized carbons (Fsp3) is 0.304. The van der Waals surface area contributed by atoms with Crippen LogP contribution < -0.4 is 11.2 Å². The Bertz CT molecular complexity index is 1470. The summed E-state index contributed by atoms with van der Waals surface area (Å²) in [6.07, 6.45) is 3.65. The summed E-state index contributed by atoms with van der Waals surface area (Å²) in [5.41, 5.74) is 2.25. The highest BCUT2D eigenvalue weighted by molar-refractivity contribution is 5.77. The summed E-state index contributed by atoms with van der Waals surface area (Å²) in [5.74, 6) is 0.0326. The predicted molar refractivity (Wildman–Crippen MR) is 122 cm³/mol. The van der Waals surface area contributed by atoms with E-state index in [1.165, 1.54) is 9.13 Å². The predicted octanol–water partition coefficient (Wildman–Crippen LogP) is 2.04. The number of ether oxygens (including phenoxy) is 1.